The molecule has 0 aromatic heterocycles. The minimum atomic E-state index is -0.415. The Labute approximate surface area is 96.3 Å². The number of carbonyl (C=O) groups excluding carboxylic acids is 2. The van der Waals surface area contributed by atoms with Gasteiger partial charge in [-0.3, -0.25) is 14.5 Å². The maximum atomic E-state index is 11.5. The average Bonchev–Trinajstić information content (AvgIpc) is 2.21. The minimum absolute atomic E-state index is 0.0528. The standard InChI is InChI=1S/C11H20N2O3/c1-3-16-11(15)8-10(14)9-13-6-4-12(2)5-7-13/h3-9H2,1-2H3. The van der Waals surface area contributed by atoms with Gasteiger partial charge in [0.2, 0.25) is 0 Å². The first kappa shape index (κ1) is 13.1. The van der Waals surface area contributed by atoms with Crippen molar-refractivity contribution in [3.63, 3.8) is 0 Å². The van der Waals surface area contributed by atoms with Gasteiger partial charge in [-0.2, -0.15) is 0 Å². The lowest BCUT2D eigenvalue weighted by atomic mass is 10.2. The van der Waals surface area contributed by atoms with Crippen molar-refractivity contribution >= 4 is 11.8 Å². The average molecular weight is 228 g/mol. The number of hydrogen-bond donors (Lipinski definition) is 0. The van der Waals surface area contributed by atoms with Crippen molar-refractivity contribution in [2.75, 3.05) is 46.4 Å². The van der Waals surface area contributed by atoms with E-state index >= 15 is 0 Å². The van der Waals surface area contributed by atoms with Crippen LogP contribution in [0.2, 0.25) is 0 Å². The zero-order valence-corrected chi connectivity index (χ0v) is 10.1. The second-order valence-electron chi connectivity index (χ2n) is 4.10. The number of ketones is 1. The van der Waals surface area contributed by atoms with Crippen LogP contribution in [0.5, 0.6) is 0 Å². The van der Waals surface area contributed by atoms with E-state index in [0.717, 1.165) is 26.2 Å². The largest absolute Gasteiger partial charge is 0.466 e. The van der Waals surface area contributed by atoms with E-state index in [9.17, 15) is 9.59 Å². The second kappa shape index (κ2) is 6.60. The lowest BCUT2D eigenvalue weighted by Crippen LogP contribution is -2.46. The number of likely N-dealkylation sites (N-methyl/N-ethyl adjacent to an activating group) is 1. The van der Waals surface area contributed by atoms with Gasteiger partial charge in [-0.1, -0.05) is 0 Å². The molecule has 0 bridgehead atoms. The Morgan fingerprint density at radius 1 is 1.19 bits per heavy atom. The number of Topliss-reactive ketones (excluding diaryl/α,β-unsaturated/α-hetero) is 1. The number of carbonyl (C=O) groups is 2. The van der Waals surface area contributed by atoms with Gasteiger partial charge in [0.1, 0.15) is 6.42 Å². The molecule has 16 heavy (non-hydrogen) atoms. The van der Waals surface area contributed by atoms with E-state index in [4.69, 9.17) is 4.74 Å². The molecule has 0 aromatic rings. The quantitative estimate of drug-likeness (QED) is 0.480. The molecule has 0 spiro atoms. The molecule has 0 saturated carbocycles. The number of nitrogens with zero attached hydrogens (tertiary/aromatic N) is 2. The van der Waals surface area contributed by atoms with Gasteiger partial charge in [0.15, 0.2) is 5.78 Å². The summed E-state index contributed by atoms with van der Waals surface area (Å²) >= 11 is 0. The Kier molecular flexibility index (Phi) is 5.42. The SMILES string of the molecule is CCOC(=O)CC(=O)CN1CCN(C)CC1. The highest BCUT2D eigenvalue weighted by molar-refractivity contribution is 5.96. The van der Waals surface area contributed by atoms with Crippen molar-refractivity contribution in [1.82, 2.24) is 9.80 Å². The molecule has 1 fully saturated rings. The maximum absolute atomic E-state index is 11.5. The zero-order valence-electron chi connectivity index (χ0n) is 10.1. The van der Waals surface area contributed by atoms with Crippen LogP contribution in [0.15, 0.2) is 0 Å². The third-order valence-corrected chi connectivity index (χ3v) is 2.64. The summed E-state index contributed by atoms with van der Waals surface area (Å²) in [5.74, 6) is -0.468. The molecule has 92 valence electrons. The first-order valence-corrected chi connectivity index (χ1v) is 5.70. The predicted octanol–water partition coefficient (Wildman–Crippen LogP) is -0.244. The van der Waals surface area contributed by atoms with Crippen LogP contribution in [0.25, 0.3) is 0 Å². The summed E-state index contributed by atoms with van der Waals surface area (Å²) in [7, 11) is 2.07. The number of rotatable bonds is 5. The summed E-state index contributed by atoms with van der Waals surface area (Å²) < 4.78 is 4.73. The van der Waals surface area contributed by atoms with Crippen LogP contribution >= 0.6 is 0 Å². The molecule has 1 saturated heterocycles. The van der Waals surface area contributed by atoms with Gasteiger partial charge in [0, 0.05) is 26.2 Å². The number of hydrogen-bond acceptors (Lipinski definition) is 5. The van der Waals surface area contributed by atoms with Crippen molar-refractivity contribution in [3.8, 4) is 0 Å². The maximum Gasteiger partial charge on any atom is 0.313 e. The first-order chi connectivity index (χ1) is 7.61. The molecular weight excluding hydrogens is 208 g/mol. The van der Waals surface area contributed by atoms with Crippen molar-refractivity contribution in [3.05, 3.63) is 0 Å². The Hall–Kier alpha value is -0.940. The topological polar surface area (TPSA) is 49.9 Å². The minimum Gasteiger partial charge on any atom is -0.466 e. The molecule has 1 aliphatic rings. The van der Waals surface area contributed by atoms with Gasteiger partial charge in [-0.05, 0) is 14.0 Å². The van der Waals surface area contributed by atoms with E-state index in [-0.39, 0.29) is 12.2 Å². The van der Waals surface area contributed by atoms with Crippen LogP contribution in [0.1, 0.15) is 13.3 Å². The molecule has 5 nitrogen and oxygen atoms in total. The second-order valence-corrected chi connectivity index (χ2v) is 4.10. The van der Waals surface area contributed by atoms with E-state index < -0.39 is 5.97 Å². The molecule has 1 aliphatic heterocycles. The highest BCUT2D eigenvalue weighted by Gasteiger charge is 2.18. The van der Waals surface area contributed by atoms with Crippen molar-refractivity contribution in [1.29, 1.82) is 0 Å². The van der Waals surface area contributed by atoms with Crippen LogP contribution in [-0.4, -0.2) is 67.9 Å². The highest BCUT2D eigenvalue weighted by Crippen LogP contribution is 2.00. The van der Waals surface area contributed by atoms with E-state index in [1.165, 1.54) is 0 Å². The van der Waals surface area contributed by atoms with Crippen LogP contribution in [0.3, 0.4) is 0 Å². The molecule has 0 unspecified atom stereocenters. The van der Waals surface area contributed by atoms with Crippen molar-refractivity contribution in [2.24, 2.45) is 0 Å². The molecule has 5 heteroatoms. The molecule has 0 N–H and O–H groups in total. The fourth-order valence-corrected chi connectivity index (χ4v) is 1.68. The van der Waals surface area contributed by atoms with Gasteiger partial charge in [-0.15, -0.1) is 0 Å². The van der Waals surface area contributed by atoms with Crippen LogP contribution in [0.4, 0.5) is 0 Å². The first-order valence-electron chi connectivity index (χ1n) is 5.70. The molecule has 0 radical (unpaired) electrons. The molecule has 1 heterocycles. The van der Waals surface area contributed by atoms with Gasteiger partial charge < -0.3 is 9.64 Å². The van der Waals surface area contributed by atoms with E-state index in [1.54, 1.807) is 6.92 Å². The Bertz CT molecular complexity index is 248. The van der Waals surface area contributed by atoms with Crippen molar-refractivity contribution < 1.29 is 14.3 Å². The third kappa shape index (κ3) is 4.72. The Morgan fingerprint density at radius 2 is 1.81 bits per heavy atom. The number of ether oxygens (including phenoxy) is 1. The summed E-state index contributed by atoms with van der Waals surface area (Å²) in [6.07, 6.45) is -0.0970. The zero-order chi connectivity index (χ0) is 12.0. The summed E-state index contributed by atoms with van der Waals surface area (Å²) in [6.45, 7) is 6.19. The van der Waals surface area contributed by atoms with E-state index in [2.05, 4.69) is 16.8 Å². The summed E-state index contributed by atoms with van der Waals surface area (Å²) in [5, 5.41) is 0. The third-order valence-electron chi connectivity index (χ3n) is 2.64. The van der Waals surface area contributed by atoms with Crippen molar-refractivity contribution in [2.45, 2.75) is 13.3 Å². The molecule has 0 aromatic carbocycles. The summed E-state index contributed by atoms with van der Waals surface area (Å²) in [4.78, 5) is 26.9. The molecular formula is C11H20N2O3. The van der Waals surface area contributed by atoms with Gasteiger partial charge >= 0.3 is 5.97 Å². The Balaban J connectivity index is 2.21. The number of piperazine rings is 1. The molecule has 0 aliphatic carbocycles. The smallest absolute Gasteiger partial charge is 0.313 e. The van der Waals surface area contributed by atoms with Gasteiger partial charge in [0.25, 0.3) is 0 Å². The molecule has 1 rings (SSSR count). The fraction of sp³-hybridized carbons (Fsp3) is 0.818. The normalized spacial score (nSPS) is 18.4. The number of esters is 1. The van der Waals surface area contributed by atoms with E-state index in [0.29, 0.717) is 13.2 Å². The van der Waals surface area contributed by atoms with Gasteiger partial charge in [0.05, 0.1) is 13.2 Å². The molecule has 0 amide bonds. The predicted molar refractivity (Wildman–Crippen MR) is 60.2 cm³/mol. The van der Waals surface area contributed by atoms with E-state index in [1.807, 2.05) is 0 Å². The fourth-order valence-electron chi connectivity index (χ4n) is 1.68. The highest BCUT2D eigenvalue weighted by atomic mass is 16.5. The molecule has 0 atom stereocenters. The van der Waals surface area contributed by atoms with Gasteiger partial charge in [-0.25, -0.2) is 0 Å². The van der Waals surface area contributed by atoms with Crippen LogP contribution in [0, 0.1) is 0 Å². The monoisotopic (exact) mass is 228 g/mol. The lowest BCUT2D eigenvalue weighted by molar-refractivity contribution is -0.145. The summed E-state index contributed by atoms with van der Waals surface area (Å²) in [6, 6.07) is 0. The lowest BCUT2D eigenvalue weighted by Gasteiger charge is -2.31. The summed E-state index contributed by atoms with van der Waals surface area (Å²) in [5.41, 5.74) is 0. The Morgan fingerprint density at radius 3 is 2.38 bits per heavy atom. The van der Waals surface area contributed by atoms with Crippen LogP contribution in [-0.2, 0) is 14.3 Å². The van der Waals surface area contributed by atoms with Crippen LogP contribution < -0.4 is 0 Å².